The van der Waals surface area contributed by atoms with Crippen molar-refractivity contribution in [3.63, 3.8) is 0 Å². The number of aromatic nitrogens is 2. The molecule has 3 aromatic carbocycles. The number of rotatable bonds is 4. The summed E-state index contributed by atoms with van der Waals surface area (Å²) < 4.78 is 34.0. The molecule has 0 atom stereocenters. The molecule has 2 heterocycles. The number of nitrogens with zero attached hydrogens (tertiary/aromatic N) is 1. The van der Waals surface area contributed by atoms with Crippen molar-refractivity contribution < 1.29 is 13.2 Å². The molecule has 0 aliphatic rings. The monoisotopic (exact) mass is 402 g/mol. The van der Waals surface area contributed by atoms with Crippen LogP contribution < -0.4 is 4.74 Å². The van der Waals surface area contributed by atoms with E-state index in [4.69, 9.17) is 4.74 Å². The molecular formula is C23H18N2O3S. The maximum Gasteiger partial charge on any atom is 0.268 e. The molecule has 0 bridgehead atoms. The van der Waals surface area contributed by atoms with Gasteiger partial charge in [0.2, 0.25) is 0 Å². The molecule has 0 radical (unpaired) electrons. The van der Waals surface area contributed by atoms with Crippen LogP contribution in [0.2, 0.25) is 0 Å². The van der Waals surface area contributed by atoms with Crippen LogP contribution in [0.1, 0.15) is 0 Å². The lowest BCUT2D eigenvalue weighted by atomic mass is 10.1. The largest absolute Gasteiger partial charge is 0.497 e. The van der Waals surface area contributed by atoms with E-state index in [-0.39, 0.29) is 4.90 Å². The molecule has 0 saturated carbocycles. The highest BCUT2D eigenvalue weighted by Gasteiger charge is 2.25. The maximum absolute atomic E-state index is 13.6. The first-order chi connectivity index (χ1) is 14.1. The van der Waals surface area contributed by atoms with Crippen molar-refractivity contribution in [1.82, 2.24) is 8.96 Å². The second-order valence-electron chi connectivity index (χ2n) is 6.78. The molecule has 5 nitrogen and oxygen atoms in total. The summed E-state index contributed by atoms with van der Waals surface area (Å²) in [4.78, 5) is 3.48. The number of methoxy groups -OCH3 is 1. The van der Waals surface area contributed by atoms with Gasteiger partial charge in [-0.2, -0.15) is 0 Å². The number of nitrogens with one attached hydrogen (secondary N) is 1. The third-order valence-corrected chi connectivity index (χ3v) is 6.85. The van der Waals surface area contributed by atoms with Crippen molar-refractivity contribution in [2.45, 2.75) is 4.90 Å². The van der Waals surface area contributed by atoms with Gasteiger partial charge in [-0.3, -0.25) is 0 Å². The quantitative estimate of drug-likeness (QED) is 0.458. The number of fused-ring (bicyclic) bond motifs is 2. The molecule has 5 rings (SSSR count). The van der Waals surface area contributed by atoms with Crippen molar-refractivity contribution >= 4 is 31.8 Å². The fourth-order valence-corrected chi connectivity index (χ4v) is 5.27. The van der Waals surface area contributed by atoms with Crippen molar-refractivity contribution in [2.24, 2.45) is 0 Å². The van der Waals surface area contributed by atoms with Crippen molar-refractivity contribution in [2.75, 3.05) is 7.11 Å². The molecule has 0 spiro atoms. The lowest BCUT2D eigenvalue weighted by Crippen LogP contribution is -2.14. The Morgan fingerprint density at radius 3 is 2.45 bits per heavy atom. The van der Waals surface area contributed by atoms with Crippen LogP contribution in [-0.2, 0) is 10.0 Å². The number of hydrogen-bond donors (Lipinski definition) is 1. The summed E-state index contributed by atoms with van der Waals surface area (Å²) in [7, 11) is -2.21. The third kappa shape index (κ3) is 2.72. The minimum absolute atomic E-state index is 0.245. The number of ether oxygens (including phenoxy) is 1. The fourth-order valence-electron chi connectivity index (χ4n) is 3.72. The van der Waals surface area contributed by atoms with Gasteiger partial charge in [0.05, 0.1) is 23.2 Å². The van der Waals surface area contributed by atoms with E-state index in [1.54, 1.807) is 49.6 Å². The predicted octanol–water partition coefficient (Wildman–Crippen LogP) is 5.04. The zero-order valence-corrected chi connectivity index (χ0v) is 16.5. The number of para-hydroxylation sites is 1. The zero-order chi connectivity index (χ0) is 20.0. The first-order valence-corrected chi connectivity index (χ1v) is 10.6. The van der Waals surface area contributed by atoms with Gasteiger partial charge in [-0.05, 0) is 42.5 Å². The Balaban J connectivity index is 1.88. The van der Waals surface area contributed by atoms with E-state index in [1.165, 1.54) is 3.97 Å². The summed E-state index contributed by atoms with van der Waals surface area (Å²) in [5.41, 5.74) is 2.99. The zero-order valence-electron chi connectivity index (χ0n) is 15.7. The molecule has 0 fully saturated rings. The Morgan fingerprint density at radius 1 is 0.897 bits per heavy atom. The molecule has 144 valence electrons. The van der Waals surface area contributed by atoms with Crippen molar-refractivity contribution in [1.29, 1.82) is 0 Å². The molecule has 6 heteroatoms. The van der Waals surface area contributed by atoms with E-state index in [9.17, 15) is 8.42 Å². The molecule has 0 amide bonds. The highest BCUT2D eigenvalue weighted by Crippen LogP contribution is 2.37. The van der Waals surface area contributed by atoms with Gasteiger partial charge in [0, 0.05) is 28.0 Å². The topological polar surface area (TPSA) is 64.1 Å². The van der Waals surface area contributed by atoms with Gasteiger partial charge in [-0.15, -0.1) is 0 Å². The summed E-state index contributed by atoms with van der Waals surface area (Å²) in [6.07, 6.45) is 1.85. The molecule has 0 saturated heterocycles. The van der Waals surface area contributed by atoms with Gasteiger partial charge in [-0.1, -0.05) is 36.4 Å². The second-order valence-corrected chi connectivity index (χ2v) is 8.57. The average Bonchev–Trinajstić information content (AvgIpc) is 3.35. The van der Waals surface area contributed by atoms with E-state index in [2.05, 4.69) is 4.98 Å². The highest BCUT2D eigenvalue weighted by molar-refractivity contribution is 7.90. The first kappa shape index (κ1) is 17.6. The van der Waals surface area contributed by atoms with E-state index < -0.39 is 10.0 Å². The van der Waals surface area contributed by atoms with Crippen LogP contribution in [0.4, 0.5) is 0 Å². The van der Waals surface area contributed by atoms with Crippen LogP contribution in [0.3, 0.4) is 0 Å². The second kappa shape index (κ2) is 6.53. The van der Waals surface area contributed by atoms with Crippen LogP contribution in [-0.4, -0.2) is 24.5 Å². The molecule has 29 heavy (non-hydrogen) atoms. The Kier molecular flexibility index (Phi) is 3.96. The van der Waals surface area contributed by atoms with Gasteiger partial charge in [-0.25, -0.2) is 12.4 Å². The normalized spacial score (nSPS) is 11.9. The molecular weight excluding hydrogens is 384 g/mol. The van der Waals surface area contributed by atoms with E-state index in [1.807, 2.05) is 42.6 Å². The molecule has 0 unspecified atom stereocenters. The SMILES string of the molecule is COc1ccc2c(c1)cc(-c1c[nH]c3ccccc13)n2S(=O)(=O)c1ccccc1. The summed E-state index contributed by atoms with van der Waals surface area (Å²) >= 11 is 0. The Morgan fingerprint density at radius 2 is 1.66 bits per heavy atom. The molecule has 2 aromatic heterocycles. The van der Waals surface area contributed by atoms with Crippen LogP contribution in [0.15, 0.2) is 90.0 Å². The van der Waals surface area contributed by atoms with Gasteiger partial charge in [0.25, 0.3) is 10.0 Å². The summed E-state index contributed by atoms with van der Waals surface area (Å²) in [6, 6.07) is 23.7. The standard InChI is InChI=1S/C23H18N2O3S/c1-28-17-11-12-22-16(13-17)14-23(20-15-24-21-10-6-5-9-19(20)21)25(22)29(26,27)18-7-3-2-4-8-18/h2-15,24H,1H3. The first-order valence-electron chi connectivity index (χ1n) is 9.16. The van der Waals surface area contributed by atoms with E-state index in [0.717, 1.165) is 21.9 Å². The number of benzene rings is 3. The van der Waals surface area contributed by atoms with Crippen LogP contribution >= 0.6 is 0 Å². The third-order valence-electron chi connectivity index (χ3n) is 5.11. The fraction of sp³-hybridized carbons (Fsp3) is 0.0435. The number of hydrogen-bond acceptors (Lipinski definition) is 3. The average molecular weight is 402 g/mol. The van der Waals surface area contributed by atoms with Crippen molar-refractivity contribution in [3.8, 4) is 17.0 Å². The molecule has 5 aromatic rings. The van der Waals surface area contributed by atoms with Crippen LogP contribution in [0.25, 0.3) is 33.1 Å². The van der Waals surface area contributed by atoms with Crippen LogP contribution in [0, 0.1) is 0 Å². The smallest absolute Gasteiger partial charge is 0.268 e. The van der Waals surface area contributed by atoms with E-state index in [0.29, 0.717) is 17.0 Å². The minimum Gasteiger partial charge on any atom is -0.497 e. The maximum atomic E-state index is 13.6. The van der Waals surface area contributed by atoms with E-state index >= 15 is 0 Å². The lowest BCUT2D eigenvalue weighted by Gasteiger charge is -2.12. The summed E-state index contributed by atoms with van der Waals surface area (Å²) in [5, 5.41) is 1.76. The lowest BCUT2D eigenvalue weighted by molar-refractivity contribution is 0.415. The Bertz CT molecular complexity index is 1450. The Labute approximate surface area is 168 Å². The number of H-pyrrole nitrogens is 1. The van der Waals surface area contributed by atoms with Crippen LogP contribution in [0.5, 0.6) is 5.75 Å². The molecule has 1 N–H and O–H groups in total. The highest BCUT2D eigenvalue weighted by atomic mass is 32.2. The van der Waals surface area contributed by atoms with Gasteiger partial charge in [0.1, 0.15) is 5.75 Å². The molecule has 0 aliphatic heterocycles. The minimum atomic E-state index is -3.81. The molecule has 0 aliphatic carbocycles. The summed E-state index contributed by atoms with van der Waals surface area (Å²) in [5.74, 6) is 0.678. The predicted molar refractivity (Wildman–Crippen MR) is 115 cm³/mol. The Hall–Kier alpha value is -3.51. The van der Waals surface area contributed by atoms with Gasteiger partial charge >= 0.3 is 0 Å². The number of aromatic amines is 1. The van der Waals surface area contributed by atoms with Crippen molar-refractivity contribution in [3.05, 3.63) is 85.1 Å². The van der Waals surface area contributed by atoms with Gasteiger partial charge in [0.15, 0.2) is 0 Å². The summed E-state index contributed by atoms with van der Waals surface area (Å²) in [6.45, 7) is 0. The van der Waals surface area contributed by atoms with Gasteiger partial charge < -0.3 is 9.72 Å².